The molecule has 0 unspecified atom stereocenters. The molecule has 0 aliphatic heterocycles. The van der Waals surface area contributed by atoms with Crippen LogP contribution in [0.2, 0.25) is 10.0 Å². The average molecular weight is 427 g/mol. The third kappa shape index (κ3) is 4.66. The van der Waals surface area contributed by atoms with Gasteiger partial charge in [0.15, 0.2) is 5.16 Å². The predicted molar refractivity (Wildman–Crippen MR) is 117 cm³/mol. The summed E-state index contributed by atoms with van der Waals surface area (Å²) in [6.45, 7) is 4.19. The van der Waals surface area contributed by atoms with Gasteiger partial charge in [-0.25, -0.2) is 9.97 Å². The van der Waals surface area contributed by atoms with Gasteiger partial charge in [-0.3, -0.25) is 0 Å². The van der Waals surface area contributed by atoms with E-state index in [1.807, 2.05) is 36.4 Å². The van der Waals surface area contributed by atoms with E-state index in [2.05, 4.69) is 27.9 Å². The van der Waals surface area contributed by atoms with Crippen LogP contribution in [0.1, 0.15) is 11.1 Å². The lowest BCUT2D eigenvalue weighted by Crippen LogP contribution is -2.07. The number of nitrogens with one attached hydrogen (secondary N) is 1. The summed E-state index contributed by atoms with van der Waals surface area (Å²) in [5.74, 6) is 0.989. The summed E-state index contributed by atoms with van der Waals surface area (Å²) in [5.41, 5.74) is 2.65. The van der Waals surface area contributed by atoms with Gasteiger partial charge in [0, 0.05) is 27.9 Å². The number of hydrogen-bond acceptors (Lipinski definition) is 5. The second-order valence-electron chi connectivity index (χ2n) is 5.71. The number of anilines is 1. The topological polar surface area (TPSA) is 61.6 Å². The van der Waals surface area contributed by atoms with Gasteiger partial charge in [-0.1, -0.05) is 77.4 Å². The first-order chi connectivity index (χ1) is 13.6. The van der Waals surface area contributed by atoms with Crippen molar-refractivity contribution in [1.29, 1.82) is 5.26 Å². The molecule has 3 aromatic rings. The van der Waals surface area contributed by atoms with E-state index in [1.54, 1.807) is 18.2 Å². The maximum absolute atomic E-state index is 9.69. The van der Waals surface area contributed by atoms with Crippen molar-refractivity contribution in [3.63, 3.8) is 0 Å². The van der Waals surface area contributed by atoms with Crippen molar-refractivity contribution in [1.82, 2.24) is 9.97 Å². The van der Waals surface area contributed by atoms with Crippen molar-refractivity contribution in [3.8, 4) is 17.3 Å². The molecular formula is C21H16Cl2N4S. The van der Waals surface area contributed by atoms with Crippen LogP contribution in [0.15, 0.2) is 66.3 Å². The molecule has 2 aromatic carbocycles. The fourth-order valence-electron chi connectivity index (χ4n) is 2.52. The third-order valence-corrected chi connectivity index (χ3v) is 5.45. The molecule has 28 heavy (non-hydrogen) atoms. The number of rotatable bonds is 7. The Hall–Kier alpha value is -2.52. The molecule has 0 amide bonds. The van der Waals surface area contributed by atoms with E-state index in [0.717, 1.165) is 11.1 Å². The molecule has 0 atom stereocenters. The van der Waals surface area contributed by atoms with Crippen LogP contribution in [0.5, 0.6) is 0 Å². The third-order valence-electron chi connectivity index (χ3n) is 3.87. The van der Waals surface area contributed by atoms with Gasteiger partial charge in [0.05, 0.1) is 5.69 Å². The smallest absolute Gasteiger partial charge is 0.190 e. The van der Waals surface area contributed by atoms with Crippen LogP contribution in [0.3, 0.4) is 0 Å². The van der Waals surface area contributed by atoms with Gasteiger partial charge in [0.2, 0.25) is 0 Å². The van der Waals surface area contributed by atoms with E-state index >= 15 is 0 Å². The molecule has 0 bridgehead atoms. The Morgan fingerprint density at radius 3 is 2.43 bits per heavy atom. The quantitative estimate of drug-likeness (QED) is 0.276. The largest absolute Gasteiger partial charge is 0.365 e. The number of thioether (sulfide) groups is 1. The zero-order valence-corrected chi connectivity index (χ0v) is 17.2. The van der Waals surface area contributed by atoms with Crippen LogP contribution in [0.25, 0.3) is 11.3 Å². The molecule has 1 N–H and O–H groups in total. The summed E-state index contributed by atoms with van der Waals surface area (Å²) in [6, 6.07) is 17.2. The number of nitriles is 1. The lowest BCUT2D eigenvalue weighted by molar-refractivity contribution is 0.963. The highest BCUT2D eigenvalue weighted by Gasteiger charge is 2.17. The van der Waals surface area contributed by atoms with E-state index in [9.17, 15) is 5.26 Å². The minimum atomic E-state index is 0.396. The maximum atomic E-state index is 9.69. The first-order valence-corrected chi connectivity index (χ1v) is 10.2. The van der Waals surface area contributed by atoms with Crippen molar-refractivity contribution in [3.05, 3.63) is 82.4 Å². The van der Waals surface area contributed by atoms with E-state index < -0.39 is 0 Å². The molecule has 7 heteroatoms. The van der Waals surface area contributed by atoms with Crippen LogP contribution in [-0.2, 0) is 5.75 Å². The van der Waals surface area contributed by atoms with E-state index in [1.165, 1.54) is 11.8 Å². The van der Waals surface area contributed by atoms with Crippen LogP contribution >= 0.6 is 35.0 Å². The summed E-state index contributed by atoms with van der Waals surface area (Å²) >= 11 is 13.9. The molecule has 0 fully saturated rings. The molecule has 1 heterocycles. The SMILES string of the molecule is C=CCNc1nc(SCc2c(Cl)cccc2Cl)nc(-c2ccccc2)c1C#N. The van der Waals surface area contributed by atoms with E-state index in [-0.39, 0.29) is 0 Å². The van der Waals surface area contributed by atoms with Gasteiger partial charge >= 0.3 is 0 Å². The minimum Gasteiger partial charge on any atom is -0.365 e. The van der Waals surface area contributed by atoms with Gasteiger partial charge < -0.3 is 5.32 Å². The standard InChI is InChI=1S/C21H16Cl2N4S/c1-2-11-25-20-15(12-24)19(14-7-4-3-5-8-14)26-21(27-20)28-13-16-17(22)9-6-10-18(16)23/h2-10H,1,11,13H2,(H,25,26,27). The van der Waals surface area contributed by atoms with Crippen LogP contribution in [0.4, 0.5) is 5.82 Å². The van der Waals surface area contributed by atoms with Crippen molar-refractivity contribution in [2.45, 2.75) is 10.9 Å². The second kappa shape index (κ2) is 9.61. The molecule has 4 nitrogen and oxygen atoms in total. The molecule has 0 spiro atoms. The van der Waals surface area contributed by atoms with E-state index in [4.69, 9.17) is 23.2 Å². The zero-order valence-electron chi connectivity index (χ0n) is 14.8. The fraction of sp³-hybridized carbons (Fsp3) is 0.0952. The summed E-state index contributed by atoms with van der Waals surface area (Å²) in [5, 5.41) is 14.5. The summed E-state index contributed by atoms with van der Waals surface area (Å²) < 4.78 is 0. The Balaban J connectivity index is 2.01. The molecular weight excluding hydrogens is 411 g/mol. The first kappa shape index (κ1) is 20.2. The van der Waals surface area contributed by atoms with Crippen LogP contribution < -0.4 is 5.32 Å². The Bertz CT molecular complexity index is 1010. The minimum absolute atomic E-state index is 0.396. The van der Waals surface area contributed by atoms with Gasteiger partial charge in [-0.2, -0.15) is 5.26 Å². The van der Waals surface area contributed by atoms with E-state index in [0.29, 0.717) is 44.6 Å². The van der Waals surface area contributed by atoms with Crippen molar-refractivity contribution >= 4 is 40.8 Å². The lowest BCUT2D eigenvalue weighted by atomic mass is 10.1. The number of hydrogen-bond donors (Lipinski definition) is 1. The van der Waals surface area contributed by atoms with Gasteiger partial charge in [-0.15, -0.1) is 6.58 Å². The molecule has 140 valence electrons. The monoisotopic (exact) mass is 426 g/mol. The predicted octanol–water partition coefficient (Wildman–Crippen LogP) is 6.21. The summed E-state index contributed by atoms with van der Waals surface area (Å²) in [7, 11) is 0. The van der Waals surface area contributed by atoms with Crippen molar-refractivity contribution < 1.29 is 0 Å². The lowest BCUT2D eigenvalue weighted by Gasteiger charge is -2.12. The fourth-order valence-corrected chi connectivity index (χ4v) is 4.10. The van der Waals surface area contributed by atoms with Gasteiger partial charge in [-0.05, 0) is 17.7 Å². The Kier molecular flexibility index (Phi) is 6.94. The molecule has 0 aliphatic carbocycles. The van der Waals surface area contributed by atoms with Gasteiger partial charge in [0.25, 0.3) is 0 Å². The number of aromatic nitrogens is 2. The normalized spacial score (nSPS) is 10.3. The Morgan fingerprint density at radius 2 is 1.79 bits per heavy atom. The highest BCUT2D eigenvalue weighted by molar-refractivity contribution is 7.98. The van der Waals surface area contributed by atoms with Crippen molar-refractivity contribution in [2.24, 2.45) is 0 Å². The highest BCUT2D eigenvalue weighted by Crippen LogP contribution is 2.33. The first-order valence-electron chi connectivity index (χ1n) is 8.42. The highest BCUT2D eigenvalue weighted by atomic mass is 35.5. The number of nitrogens with zero attached hydrogens (tertiary/aromatic N) is 3. The Labute approximate surface area is 178 Å². The number of benzene rings is 2. The second-order valence-corrected chi connectivity index (χ2v) is 7.47. The molecule has 0 saturated heterocycles. The Morgan fingerprint density at radius 1 is 1.07 bits per heavy atom. The van der Waals surface area contributed by atoms with Gasteiger partial charge in [0.1, 0.15) is 17.5 Å². The molecule has 0 radical (unpaired) electrons. The molecule has 1 aromatic heterocycles. The van der Waals surface area contributed by atoms with Crippen LogP contribution in [0, 0.1) is 11.3 Å². The van der Waals surface area contributed by atoms with Crippen LogP contribution in [-0.4, -0.2) is 16.5 Å². The molecule has 3 rings (SSSR count). The number of halogens is 2. The average Bonchev–Trinajstić information content (AvgIpc) is 2.72. The summed E-state index contributed by atoms with van der Waals surface area (Å²) in [6.07, 6.45) is 1.71. The maximum Gasteiger partial charge on any atom is 0.190 e. The molecule has 0 saturated carbocycles. The zero-order chi connectivity index (χ0) is 19.9. The summed E-state index contributed by atoms with van der Waals surface area (Å²) in [4.78, 5) is 9.16. The molecule has 0 aliphatic rings. The van der Waals surface area contributed by atoms with Crippen molar-refractivity contribution in [2.75, 3.05) is 11.9 Å².